The molecule has 0 aliphatic rings. The summed E-state index contributed by atoms with van der Waals surface area (Å²) >= 11 is 0. The van der Waals surface area contributed by atoms with Gasteiger partial charge in [0, 0.05) is 17.6 Å². The van der Waals surface area contributed by atoms with Crippen molar-refractivity contribution in [2.45, 2.75) is 26.3 Å². The molecule has 34 heavy (non-hydrogen) atoms. The molecule has 9 heteroatoms. The Morgan fingerprint density at radius 2 is 1.91 bits per heavy atom. The third-order valence-corrected chi connectivity index (χ3v) is 5.28. The maximum Gasteiger partial charge on any atom is 0.274 e. The highest BCUT2D eigenvalue weighted by atomic mass is 19.1. The molecule has 0 atom stereocenters. The molecule has 0 unspecified atom stereocenters. The largest absolute Gasteiger partial charge is 0.366 e. The zero-order valence-electron chi connectivity index (χ0n) is 18.5. The Balaban J connectivity index is 1.65. The lowest BCUT2D eigenvalue weighted by molar-refractivity contribution is 0.100. The van der Waals surface area contributed by atoms with Crippen LogP contribution in [0.4, 0.5) is 10.1 Å². The Morgan fingerprint density at radius 3 is 2.56 bits per heavy atom. The minimum Gasteiger partial charge on any atom is -0.366 e. The third kappa shape index (κ3) is 4.61. The lowest BCUT2D eigenvalue weighted by Gasteiger charge is -2.09. The molecule has 0 bridgehead atoms. The molecule has 4 rings (SSSR count). The number of nitrogens with one attached hydrogen (secondary N) is 1. The van der Waals surface area contributed by atoms with E-state index in [-0.39, 0.29) is 22.7 Å². The van der Waals surface area contributed by atoms with Gasteiger partial charge in [-0.3, -0.25) is 14.3 Å². The van der Waals surface area contributed by atoms with Crippen molar-refractivity contribution < 1.29 is 14.0 Å². The van der Waals surface area contributed by atoms with E-state index in [0.717, 1.165) is 11.6 Å². The number of rotatable bonds is 6. The van der Waals surface area contributed by atoms with Gasteiger partial charge in [0.1, 0.15) is 11.5 Å². The Morgan fingerprint density at radius 1 is 1.18 bits per heavy atom. The average Bonchev–Trinajstić information content (AvgIpc) is 3.20. The fourth-order valence-corrected chi connectivity index (χ4v) is 3.62. The topological polar surface area (TPSA) is 127 Å². The molecule has 0 saturated carbocycles. The number of amides is 2. The fourth-order valence-electron chi connectivity index (χ4n) is 3.62. The summed E-state index contributed by atoms with van der Waals surface area (Å²) in [6.07, 6.45) is 1.71. The normalized spacial score (nSPS) is 10.9. The van der Waals surface area contributed by atoms with Crippen LogP contribution in [0.1, 0.15) is 57.4 Å². The standard InChI is InChI=1S/C25H21FN6O2/c1-14(2)23-22(13-32(31-23)12-16-5-3-15(11-27)4-6-16)30-25(34)21-10-19(24(28)33)18-8-7-17(26)9-20(18)29-21/h3-10,13-14H,12H2,1-2H3,(H2,28,33)(H,30,34). The van der Waals surface area contributed by atoms with Crippen LogP contribution in [0, 0.1) is 17.1 Å². The SMILES string of the molecule is CC(C)c1nn(Cc2ccc(C#N)cc2)cc1NC(=O)c1cc(C(N)=O)c2ccc(F)cc2n1. The molecule has 0 aliphatic carbocycles. The molecule has 0 spiro atoms. The summed E-state index contributed by atoms with van der Waals surface area (Å²) in [5.74, 6) is -1.85. The van der Waals surface area contributed by atoms with E-state index in [1.54, 1.807) is 23.0 Å². The summed E-state index contributed by atoms with van der Waals surface area (Å²) < 4.78 is 15.4. The monoisotopic (exact) mass is 456 g/mol. The lowest BCUT2D eigenvalue weighted by atomic mass is 10.1. The summed E-state index contributed by atoms with van der Waals surface area (Å²) in [6, 6.07) is 14.3. The van der Waals surface area contributed by atoms with Gasteiger partial charge in [-0.15, -0.1) is 0 Å². The predicted molar refractivity (Wildman–Crippen MR) is 125 cm³/mol. The minimum atomic E-state index is -0.744. The summed E-state index contributed by atoms with van der Waals surface area (Å²) in [5.41, 5.74) is 8.32. The van der Waals surface area contributed by atoms with Crippen molar-refractivity contribution >= 4 is 28.4 Å². The van der Waals surface area contributed by atoms with Crippen molar-refractivity contribution in [3.8, 4) is 6.07 Å². The molecule has 170 valence electrons. The van der Waals surface area contributed by atoms with Crippen molar-refractivity contribution in [3.63, 3.8) is 0 Å². The predicted octanol–water partition coefficient (Wildman–Crippen LogP) is 3.96. The number of primary amides is 1. The van der Waals surface area contributed by atoms with E-state index in [9.17, 15) is 14.0 Å². The number of carbonyl (C=O) groups is 2. The second-order valence-corrected chi connectivity index (χ2v) is 8.12. The summed E-state index contributed by atoms with van der Waals surface area (Å²) in [4.78, 5) is 29.2. The Bertz CT molecular complexity index is 1450. The number of fused-ring (bicyclic) bond motifs is 1. The quantitative estimate of drug-likeness (QED) is 0.454. The van der Waals surface area contributed by atoms with Gasteiger partial charge < -0.3 is 11.1 Å². The van der Waals surface area contributed by atoms with Gasteiger partial charge in [-0.1, -0.05) is 26.0 Å². The first-order valence-electron chi connectivity index (χ1n) is 10.5. The zero-order valence-corrected chi connectivity index (χ0v) is 18.5. The second kappa shape index (κ2) is 9.11. The Kier molecular flexibility index (Phi) is 6.06. The van der Waals surface area contributed by atoms with E-state index in [4.69, 9.17) is 11.0 Å². The van der Waals surface area contributed by atoms with Crippen LogP contribution in [-0.2, 0) is 6.54 Å². The highest BCUT2D eigenvalue weighted by Gasteiger charge is 2.19. The number of hydrogen-bond donors (Lipinski definition) is 2. The van der Waals surface area contributed by atoms with Gasteiger partial charge >= 0.3 is 0 Å². The highest BCUT2D eigenvalue weighted by Crippen LogP contribution is 2.25. The van der Waals surface area contributed by atoms with Gasteiger partial charge in [-0.25, -0.2) is 9.37 Å². The molecule has 2 heterocycles. The number of aromatic nitrogens is 3. The fraction of sp³-hybridized carbons (Fsp3) is 0.160. The van der Waals surface area contributed by atoms with Gasteiger partial charge in [-0.2, -0.15) is 10.4 Å². The smallest absolute Gasteiger partial charge is 0.274 e. The molecule has 2 aromatic heterocycles. The number of nitrogens with two attached hydrogens (primary N) is 1. The van der Waals surface area contributed by atoms with Crippen molar-refractivity contribution in [1.29, 1.82) is 5.26 Å². The molecule has 3 N–H and O–H groups in total. The first-order chi connectivity index (χ1) is 16.2. The maximum absolute atomic E-state index is 13.7. The van der Waals surface area contributed by atoms with Gasteiger partial charge in [0.2, 0.25) is 5.91 Å². The van der Waals surface area contributed by atoms with Crippen molar-refractivity contribution in [2.75, 3.05) is 5.32 Å². The van der Waals surface area contributed by atoms with E-state index in [1.807, 2.05) is 26.0 Å². The molecule has 4 aromatic rings. The first-order valence-corrected chi connectivity index (χ1v) is 10.5. The second-order valence-electron chi connectivity index (χ2n) is 8.12. The third-order valence-electron chi connectivity index (χ3n) is 5.28. The van der Waals surface area contributed by atoms with Gasteiger partial charge in [0.15, 0.2) is 0 Å². The van der Waals surface area contributed by atoms with Crippen LogP contribution in [0.25, 0.3) is 10.9 Å². The number of anilines is 1. The molecule has 0 radical (unpaired) electrons. The van der Waals surface area contributed by atoms with E-state index in [1.165, 1.54) is 18.2 Å². The number of carbonyl (C=O) groups excluding carboxylic acids is 2. The van der Waals surface area contributed by atoms with Crippen molar-refractivity contribution in [3.05, 3.63) is 88.6 Å². The van der Waals surface area contributed by atoms with Gasteiger partial charge in [0.25, 0.3) is 5.91 Å². The number of halogens is 1. The Labute approximate surface area is 194 Å². The molecule has 2 aromatic carbocycles. The molecule has 2 amide bonds. The van der Waals surface area contributed by atoms with Crippen molar-refractivity contribution in [1.82, 2.24) is 14.8 Å². The highest BCUT2D eigenvalue weighted by molar-refractivity contribution is 6.10. The van der Waals surface area contributed by atoms with E-state index in [2.05, 4.69) is 21.5 Å². The molecule has 8 nitrogen and oxygen atoms in total. The van der Waals surface area contributed by atoms with Crippen LogP contribution in [0.15, 0.2) is 54.7 Å². The number of nitrogens with zero attached hydrogens (tertiary/aromatic N) is 4. The van der Waals surface area contributed by atoms with E-state index in [0.29, 0.717) is 28.9 Å². The zero-order chi connectivity index (χ0) is 24.4. The van der Waals surface area contributed by atoms with Crippen LogP contribution in [0.3, 0.4) is 0 Å². The molecule has 0 fully saturated rings. The van der Waals surface area contributed by atoms with E-state index >= 15 is 0 Å². The molecule has 0 aliphatic heterocycles. The Hall–Kier alpha value is -4.58. The molecular formula is C25H21FN6O2. The number of hydrogen-bond acceptors (Lipinski definition) is 5. The number of benzene rings is 2. The maximum atomic E-state index is 13.7. The van der Waals surface area contributed by atoms with Crippen molar-refractivity contribution in [2.24, 2.45) is 5.73 Å². The first kappa shape index (κ1) is 22.6. The van der Waals surface area contributed by atoms with Gasteiger partial charge in [-0.05, 0) is 41.8 Å². The average molecular weight is 456 g/mol. The number of nitriles is 1. The number of pyridine rings is 1. The summed E-state index contributed by atoms with van der Waals surface area (Å²) in [6.45, 7) is 4.35. The van der Waals surface area contributed by atoms with E-state index < -0.39 is 17.6 Å². The minimum absolute atomic E-state index is 0.0114. The molecular weight excluding hydrogens is 435 g/mol. The lowest BCUT2D eigenvalue weighted by Crippen LogP contribution is -2.18. The van der Waals surface area contributed by atoms with Crippen LogP contribution in [0.2, 0.25) is 0 Å². The van der Waals surface area contributed by atoms with Crippen LogP contribution < -0.4 is 11.1 Å². The van der Waals surface area contributed by atoms with Gasteiger partial charge in [0.05, 0.1) is 40.6 Å². The van der Waals surface area contributed by atoms with Crippen LogP contribution in [-0.4, -0.2) is 26.6 Å². The summed E-state index contributed by atoms with van der Waals surface area (Å²) in [7, 11) is 0. The van der Waals surface area contributed by atoms with Crippen LogP contribution in [0.5, 0.6) is 0 Å². The van der Waals surface area contributed by atoms with Crippen LogP contribution >= 0.6 is 0 Å². The summed E-state index contributed by atoms with van der Waals surface area (Å²) in [5, 5.41) is 16.7. The molecule has 0 saturated heterocycles.